The molecule has 0 fully saturated rings. The number of nitrogens with zero attached hydrogens (tertiary/aromatic N) is 1. The average Bonchev–Trinajstić information content (AvgIpc) is 2.58. The van der Waals surface area contributed by atoms with Gasteiger partial charge in [-0.3, -0.25) is 0 Å². The highest BCUT2D eigenvalue weighted by Crippen LogP contribution is 2.22. The standard InChI is InChI=1S/C13H24N2O/c1-6-9(2)7-14-8-10(3)13-11(4)15-16-12(13)5/h9-10,14H,6-8H2,1-5H3. The zero-order valence-electron chi connectivity index (χ0n) is 11.1. The molecular weight excluding hydrogens is 200 g/mol. The molecule has 0 radical (unpaired) electrons. The molecule has 92 valence electrons. The molecule has 0 saturated carbocycles. The van der Waals surface area contributed by atoms with Crippen LogP contribution in [0.15, 0.2) is 4.52 Å². The largest absolute Gasteiger partial charge is 0.361 e. The van der Waals surface area contributed by atoms with Gasteiger partial charge in [-0.25, -0.2) is 0 Å². The van der Waals surface area contributed by atoms with Gasteiger partial charge >= 0.3 is 0 Å². The first kappa shape index (κ1) is 13.2. The fourth-order valence-electron chi connectivity index (χ4n) is 1.99. The number of aromatic nitrogens is 1. The number of hydrogen-bond donors (Lipinski definition) is 1. The third-order valence-corrected chi connectivity index (χ3v) is 3.22. The fraction of sp³-hybridized carbons (Fsp3) is 0.769. The van der Waals surface area contributed by atoms with Crippen molar-refractivity contribution in [1.82, 2.24) is 10.5 Å². The summed E-state index contributed by atoms with van der Waals surface area (Å²) < 4.78 is 5.19. The van der Waals surface area contributed by atoms with E-state index in [-0.39, 0.29) is 0 Å². The van der Waals surface area contributed by atoms with E-state index in [0.29, 0.717) is 5.92 Å². The van der Waals surface area contributed by atoms with Gasteiger partial charge in [0, 0.05) is 12.1 Å². The van der Waals surface area contributed by atoms with Gasteiger partial charge in [0.2, 0.25) is 0 Å². The fourth-order valence-corrected chi connectivity index (χ4v) is 1.99. The van der Waals surface area contributed by atoms with Crippen LogP contribution in [0.25, 0.3) is 0 Å². The number of nitrogens with one attached hydrogen (secondary N) is 1. The second kappa shape index (κ2) is 6.04. The Balaban J connectivity index is 2.44. The van der Waals surface area contributed by atoms with E-state index >= 15 is 0 Å². The van der Waals surface area contributed by atoms with Crippen molar-refractivity contribution < 1.29 is 4.52 Å². The Bertz CT molecular complexity index is 300. The van der Waals surface area contributed by atoms with E-state index in [0.717, 1.165) is 30.5 Å². The number of aryl methyl sites for hydroxylation is 2. The highest BCUT2D eigenvalue weighted by atomic mass is 16.5. The molecule has 1 aromatic rings. The lowest BCUT2D eigenvalue weighted by molar-refractivity contribution is 0.391. The molecule has 0 amide bonds. The predicted octanol–water partition coefficient (Wildman–Crippen LogP) is 3.03. The maximum absolute atomic E-state index is 5.19. The quantitative estimate of drug-likeness (QED) is 0.807. The molecule has 0 aliphatic heterocycles. The Morgan fingerprint density at radius 3 is 2.44 bits per heavy atom. The molecule has 1 heterocycles. The third kappa shape index (κ3) is 3.34. The summed E-state index contributed by atoms with van der Waals surface area (Å²) in [5.74, 6) is 2.17. The van der Waals surface area contributed by atoms with Gasteiger partial charge in [-0.2, -0.15) is 0 Å². The predicted molar refractivity (Wildman–Crippen MR) is 66.7 cm³/mol. The van der Waals surface area contributed by atoms with Gasteiger partial charge in [-0.15, -0.1) is 0 Å². The van der Waals surface area contributed by atoms with Gasteiger partial charge in [0.1, 0.15) is 5.76 Å². The summed E-state index contributed by atoms with van der Waals surface area (Å²) in [6.45, 7) is 12.8. The van der Waals surface area contributed by atoms with E-state index < -0.39 is 0 Å². The van der Waals surface area contributed by atoms with Crippen molar-refractivity contribution in [2.24, 2.45) is 5.92 Å². The van der Waals surface area contributed by atoms with E-state index in [1.807, 2.05) is 13.8 Å². The van der Waals surface area contributed by atoms with Crippen LogP contribution in [0.1, 0.15) is 50.1 Å². The van der Waals surface area contributed by atoms with Crippen molar-refractivity contribution in [2.45, 2.75) is 47.0 Å². The number of hydrogen-bond acceptors (Lipinski definition) is 3. The van der Waals surface area contributed by atoms with Crippen LogP contribution in [0.2, 0.25) is 0 Å². The lowest BCUT2D eigenvalue weighted by Crippen LogP contribution is -2.25. The Hall–Kier alpha value is -0.830. The number of rotatable bonds is 6. The van der Waals surface area contributed by atoms with Crippen molar-refractivity contribution >= 4 is 0 Å². The van der Waals surface area contributed by atoms with Gasteiger partial charge < -0.3 is 9.84 Å². The van der Waals surface area contributed by atoms with Crippen LogP contribution in [0.3, 0.4) is 0 Å². The van der Waals surface area contributed by atoms with E-state index in [2.05, 4.69) is 31.2 Å². The smallest absolute Gasteiger partial charge is 0.137 e. The topological polar surface area (TPSA) is 38.1 Å². The molecule has 1 N–H and O–H groups in total. The molecule has 2 unspecified atom stereocenters. The lowest BCUT2D eigenvalue weighted by Gasteiger charge is -2.14. The van der Waals surface area contributed by atoms with Crippen LogP contribution in [0.5, 0.6) is 0 Å². The van der Waals surface area contributed by atoms with Crippen LogP contribution < -0.4 is 5.32 Å². The molecule has 0 aromatic carbocycles. The molecule has 1 aromatic heterocycles. The minimum absolute atomic E-state index is 0.468. The summed E-state index contributed by atoms with van der Waals surface area (Å²) in [6, 6.07) is 0. The van der Waals surface area contributed by atoms with Gasteiger partial charge in [-0.1, -0.05) is 32.3 Å². The Morgan fingerprint density at radius 2 is 1.94 bits per heavy atom. The van der Waals surface area contributed by atoms with Gasteiger partial charge in [-0.05, 0) is 32.2 Å². The first-order valence-corrected chi connectivity index (χ1v) is 6.19. The van der Waals surface area contributed by atoms with Crippen molar-refractivity contribution in [3.05, 3.63) is 17.0 Å². The third-order valence-electron chi connectivity index (χ3n) is 3.22. The van der Waals surface area contributed by atoms with Crippen molar-refractivity contribution in [1.29, 1.82) is 0 Å². The summed E-state index contributed by atoms with van der Waals surface area (Å²) >= 11 is 0. The van der Waals surface area contributed by atoms with Crippen LogP contribution in [0.4, 0.5) is 0 Å². The molecule has 2 atom stereocenters. The maximum Gasteiger partial charge on any atom is 0.137 e. The molecule has 0 saturated heterocycles. The SMILES string of the molecule is CCC(C)CNCC(C)c1c(C)noc1C. The monoisotopic (exact) mass is 224 g/mol. The Morgan fingerprint density at radius 1 is 1.25 bits per heavy atom. The summed E-state index contributed by atoms with van der Waals surface area (Å²) in [4.78, 5) is 0. The van der Waals surface area contributed by atoms with Crippen LogP contribution in [-0.2, 0) is 0 Å². The molecule has 1 rings (SSSR count). The normalized spacial score (nSPS) is 15.1. The molecule has 3 nitrogen and oxygen atoms in total. The molecule has 3 heteroatoms. The van der Waals surface area contributed by atoms with Gasteiger partial charge in [0.05, 0.1) is 5.69 Å². The molecule has 0 spiro atoms. The molecule has 16 heavy (non-hydrogen) atoms. The van der Waals surface area contributed by atoms with E-state index in [1.165, 1.54) is 12.0 Å². The highest BCUT2D eigenvalue weighted by Gasteiger charge is 2.15. The van der Waals surface area contributed by atoms with Crippen molar-refractivity contribution in [2.75, 3.05) is 13.1 Å². The summed E-state index contributed by atoms with van der Waals surface area (Å²) in [7, 11) is 0. The average molecular weight is 224 g/mol. The first-order valence-electron chi connectivity index (χ1n) is 6.19. The lowest BCUT2D eigenvalue weighted by atomic mass is 9.99. The summed E-state index contributed by atoms with van der Waals surface area (Å²) in [5, 5.41) is 7.50. The zero-order chi connectivity index (χ0) is 12.1. The Kier molecular flexibility index (Phi) is 5.00. The van der Waals surface area contributed by atoms with Crippen LogP contribution in [0, 0.1) is 19.8 Å². The van der Waals surface area contributed by atoms with Crippen LogP contribution >= 0.6 is 0 Å². The second-order valence-corrected chi connectivity index (χ2v) is 4.81. The second-order valence-electron chi connectivity index (χ2n) is 4.81. The van der Waals surface area contributed by atoms with Crippen molar-refractivity contribution in [3.63, 3.8) is 0 Å². The van der Waals surface area contributed by atoms with Gasteiger partial charge in [0.25, 0.3) is 0 Å². The van der Waals surface area contributed by atoms with Gasteiger partial charge in [0.15, 0.2) is 0 Å². The Labute approximate surface area is 98.6 Å². The van der Waals surface area contributed by atoms with Crippen LogP contribution in [-0.4, -0.2) is 18.2 Å². The zero-order valence-corrected chi connectivity index (χ0v) is 11.1. The van der Waals surface area contributed by atoms with E-state index in [1.54, 1.807) is 0 Å². The molecule has 0 bridgehead atoms. The molecular formula is C13H24N2O. The summed E-state index contributed by atoms with van der Waals surface area (Å²) in [6.07, 6.45) is 1.23. The molecule has 0 aliphatic carbocycles. The summed E-state index contributed by atoms with van der Waals surface area (Å²) in [5.41, 5.74) is 2.28. The van der Waals surface area contributed by atoms with E-state index in [4.69, 9.17) is 4.52 Å². The maximum atomic E-state index is 5.19. The highest BCUT2D eigenvalue weighted by molar-refractivity contribution is 5.25. The minimum atomic E-state index is 0.468. The van der Waals surface area contributed by atoms with Crippen molar-refractivity contribution in [3.8, 4) is 0 Å². The van der Waals surface area contributed by atoms with E-state index in [9.17, 15) is 0 Å². The molecule has 0 aliphatic rings. The minimum Gasteiger partial charge on any atom is -0.361 e. The first-order chi connectivity index (χ1) is 7.56.